The summed E-state index contributed by atoms with van der Waals surface area (Å²) in [5, 5.41) is 0. The van der Waals surface area contributed by atoms with Gasteiger partial charge in [-0.25, -0.2) is 0 Å². The van der Waals surface area contributed by atoms with E-state index in [0.717, 1.165) is 0 Å². The van der Waals surface area contributed by atoms with Crippen molar-refractivity contribution in [2.24, 2.45) is 0 Å². The van der Waals surface area contributed by atoms with E-state index in [-0.39, 0.29) is 0 Å². The van der Waals surface area contributed by atoms with Gasteiger partial charge in [-0.15, -0.1) is 11.6 Å². The zero-order valence-electron chi connectivity index (χ0n) is 7.52. The molecule has 0 aromatic heterocycles. The highest BCUT2D eigenvalue weighted by atomic mass is 35.5. The Morgan fingerprint density at radius 2 is 1.67 bits per heavy atom. The largest absolute Gasteiger partial charge is 0.122 e. The van der Waals surface area contributed by atoms with Gasteiger partial charge in [-0.1, -0.05) is 37.6 Å². The van der Waals surface area contributed by atoms with Crippen molar-refractivity contribution in [3.05, 3.63) is 35.4 Å². The van der Waals surface area contributed by atoms with Gasteiger partial charge < -0.3 is 0 Å². The Hall–Kier alpha value is -0.490. The van der Waals surface area contributed by atoms with Gasteiger partial charge in [0, 0.05) is 5.88 Å². The zero-order valence-corrected chi connectivity index (χ0v) is 8.27. The van der Waals surface area contributed by atoms with Crippen molar-refractivity contribution in [1.82, 2.24) is 0 Å². The van der Waals surface area contributed by atoms with E-state index in [1.54, 1.807) is 0 Å². The Kier molecular flexibility index (Phi) is 4.16. The fraction of sp³-hybridized carbons (Fsp3) is 0.455. The molecule has 0 unspecified atom stereocenters. The van der Waals surface area contributed by atoms with Gasteiger partial charge in [0.05, 0.1) is 0 Å². The molecule has 0 bridgehead atoms. The summed E-state index contributed by atoms with van der Waals surface area (Å²) in [6.07, 6.45) is 3.73. The van der Waals surface area contributed by atoms with Gasteiger partial charge in [0.25, 0.3) is 0 Å². The maximum atomic E-state index is 5.68. The second-order valence-corrected chi connectivity index (χ2v) is 3.32. The van der Waals surface area contributed by atoms with Crippen LogP contribution in [0.5, 0.6) is 0 Å². The summed E-state index contributed by atoms with van der Waals surface area (Å²) in [7, 11) is 0. The lowest BCUT2D eigenvalue weighted by molar-refractivity contribution is 0.795. The van der Waals surface area contributed by atoms with Crippen LogP contribution < -0.4 is 0 Å². The van der Waals surface area contributed by atoms with Crippen molar-refractivity contribution in [3.8, 4) is 0 Å². The molecule has 0 aliphatic carbocycles. The molecule has 0 heterocycles. The molecule has 0 aliphatic rings. The van der Waals surface area contributed by atoms with Crippen LogP contribution in [0.1, 0.15) is 30.9 Å². The molecule has 0 fully saturated rings. The molecule has 12 heavy (non-hydrogen) atoms. The van der Waals surface area contributed by atoms with E-state index in [9.17, 15) is 0 Å². The first-order valence-corrected chi connectivity index (χ1v) is 5.04. The molecular formula is C11H15Cl. The minimum Gasteiger partial charge on any atom is -0.122 e. The molecule has 66 valence electrons. The van der Waals surface area contributed by atoms with E-state index in [2.05, 4.69) is 31.2 Å². The molecule has 0 N–H and O–H groups in total. The molecule has 0 saturated carbocycles. The second kappa shape index (κ2) is 5.21. The minimum atomic E-state index is 0.619. The van der Waals surface area contributed by atoms with Crippen molar-refractivity contribution in [2.45, 2.75) is 32.1 Å². The summed E-state index contributed by atoms with van der Waals surface area (Å²) >= 11 is 5.68. The Morgan fingerprint density at radius 1 is 1.08 bits per heavy atom. The topological polar surface area (TPSA) is 0 Å². The fourth-order valence-corrected chi connectivity index (χ4v) is 1.35. The van der Waals surface area contributed by atoms with Crippen molar-refractivity contribution < 1.29 is 0 Å². The van der Waals surface area contributed by atoms with Gasteiger partial charge in [0.1, 0.15) is 0 Å². The van der Waals surface area contributed by atoms with Gasteiger partial charge in [-0.3, -0.25) is 0 Å². The predicted octanol–water partition coefficient (Wildman–Crippen LogP) is 3.77. The van der Waals surface area contributed by atoms with Crippen LogP contribution in [-0.4, -0.2) is 0 Å². The fourth-order valence-electron chi connectivity index (χ4n) is 1.18. The highest BCUT2D eigenvalue weighted by Crippen LogP contribution is 2.09. The van der Waals surface area contributed by atoms with Crippen LogP contribution >= 0.6 is 11.6 Å². The third-order valence-electron chi connectivity index (χ3n) is 2.00. The number of halogens is 1. The lowest BCUT2D eigenvalue weighted by atomic mass is 10.1. The highest BCUT2D eigenvalue weighted by Gasteiger charge is 1.92. The molecule has 0 saturated heterocycles. The van der Waals surface area contributed by atoms with Crippen LogP contribution in [0, 0.1) is 0 Å². The standard InChI is InChI=1S/C11H15Cl/c1-2-3-4-10-5-7-11(9-12)8-6-10/h5-8H,2-4,9H2,1H3. The third-order valence-corrected chi connectivity index (χ3v) is 2.30. The molecule has 0 nitrogen and oxygen atoms in total. The van der Waals surface area contributed by atoms with Gasteiger partial charge in [-0.2, -0.15) is 0 Å². The highest BCUT2D eigenvalue weighted by molar-refractivity contribution is 6.17. The third kappa shape index (κ3) is 2.86. The van der Waals surface area contributed by atoms with Crippen LogP contribution in [0.15, 0.2) is 24.3 Å². The van der Waals surface area contributed by atoms with Crippen LogP contribution in [0.3, 0.4) is 0 Å². The first kappa shape index (κ1) is 9.60. The van der Waals surface area contributed by atoms with Crippen LogP contribution in [0.4, 0.5) is 0 Å². The molecule has 0 spiro atoms. The smallest absolute Gasteiger partial charge is 0.0474 e. The molecule has 1 rings (SSSR count). The molecular weight excluding hydrogens is 168 g/mol. The molecule has 1 aromatic carbocycles. The molecule has 1 heteroatoms. The summed E-state index contributed by atoms with van der Waals surface area (Å²) in [6.45, 7) is 2.22. The second-order valence-electron chi connectivity index (χ2n) is 3.05. The molecule has 0 amide bonds. The van der Waals surface area contributed by atoms with Crippen molar-refractivity contribution in [1.29, 1.82) is 0 Å². The van der Waals surface area contributed by atoms with E-state index in [4.69, 9.17) is 11.6 Å². The first-order valence-electron chi connectivity index (χ1n) is 4.50. The number of aryl methyl sites for hydroxylation is 1. The Morgan fingerprint density at radius 3 is 2.17 bits per heavy atom. The van der Waals surface area contributed by atoms with Crippen LogP contribution in [0.2, 0.25) is 0 Å². The zero-order chi connectivity index (χ0) is 8.81. The van der Waals surface area contributed by atoms with Gasteiger partial charge in [0.2, 0.25) is 0 Å². The summed E-state index contributed by atoms with van der Waals surface area (Å²) in [5.74, 6) is 0.619. The number of alkyl halides is 1. The SMILES string of the molecule is CCCCc1ccc(CCl)cc1. The quantitative estimate of drug-likeness (QED) is 0.622. The Labute approximate surface area is 79.6 Å². The Bertz CT molecular complexity index is 213. The van der Waals surface area contributed by atoms with E-state index in [1.807, 2.05) is 0 Å². The number of hydrogen-bond donors (Lipinski definition) is 0. The molecule has 1 aromatic rings. The van der Waals surface area contributed by atoms with Crippen molar-refractivity contribution in [3.63, 3.8) is 0 Å². The van der Waals surface area contributed by atoms with E-state index < -0.39 is 0 Å². The van der Waals surface area contributed by atoms with E-state index >= 15 is 0 Å². The summed E-state index contributed by atoms with van der Waals surface area (Å²) in [5.41, 5.74) is 2.63. The molecule has 0 atom stereocenters. The number of rotatable bonds is 4. The van der Waals surface area contributed by atoms with Crippen molar-refractivity contribution in [2.75, 3.05) is 0 Å². The Balaban J connectivity index is 2.53. The number of benzene rings is 1. The van der Waals surface area contributed by atoms with E-state index in [0.29, 0.717) is 5.88 Å². The summed E-state index contributed by atoms with van der Waals surface area (Å²) < 4.78 is 0. The average molecular weight is 183 g/mol. The summed E-state index contributed by atoms with van der Waals surface area (Å²) in [4.78, 5) is 0. The van der Waals surface area contributed by atoms with Crippen molar-refractivity contribution >= 4 is 11.6 Å². The molecule has 0 aliphatic heterocycles. The van der Waals surface area contributed by atoms with Crippen LogP contribution in [0.25, 0.3) is 0 Å². The van der Waals surface area contributed by atoms with Crippen LogP contribution in [-0.2, 0) is 12.3 Å². The molecule has 0 radical (unpaired) electrons. The van der Waals surface area contributed by atoms with Gasteiger partial charge in [-0.05, 0) is 24.0 Å². The number of unbranched alkanes of at least 4 members (excludes halogenated alkanes) is 1. The lowest BCUT2D eigenvalue weighted by Gasteiger charge is -2.00. The first-order chi connectivity index (χ1) is 5.86. The number of hydrogen-bond acceptors (Lipinski definition) is 0. The maximum Gasteiger partial charge on any atom is 0.0474 e. The monoisotopic (exact) mass is 182 g/mol. The minimum absolute atomic E-state index is 0.619. The lowest BCUT2D eigenvalue weighted by Crippen LogP contribution is -1.85. The van der Waals surface area contributed by atoms with Gasteiger partial charge >= 0.3 is 0 Å². The predicted molar refractivity (Wildman–Crippen MR) is 54.6 cm³/mol. The maximum absolute atomic E-state index is 5.68. The van der Waals surface area contributed by atoms with E-state index in [1.165, 1.54) is 30.4 Å². The normalized spacial score (nSPS) is 10.2. The average Bonchev–Trinajstić information content (AvgIpc) is 2.15. The summed E-state index contributed by atoms with van der Waals surface area (Å²) in [6, 6.07) is 8.57. The van der Waals surface area contributed by atoms with Gasteiger partial charge in [0.15, 0.2) is 0 Å².